The lowest BCUT2D eigenvalue weighted by atomic mass is 10.1. The molecule has 4 aromatic rings. The summed E-state index contributed by atoms with van der Waals surface area (Å²) in [7, 11) is 0. The van der Waals surface area contributed by atoms with Gasteiger partial charge in [0, 0.05) is 12.2 Å². The predicted molar refractivity (Wildman–Crippen MR) is 147 cm³/mol. The Hall–Kier alpha value is -4.51. The summed E-state index contributed by atoms with van der Waals surface area (Å²) in [5.74, 6) is -0.718. The van der Waals surface area contributed by atoms with E-state index in [1.165, 1.54) is 6.07 Å². The van der Waals surface area contributed by atoms with E-state index in [0.717, 1.165) is 41.5 Å². The minimum atomic E-state index is -4.52. The third-order valence-electron chi connectivity index (χ3n) is 5.97. The van der Waals surface area contributed by atoms with Crippen molar-refractivity contribution in [1.29, 1.82) is 0 Å². The molecule has 0 amide bonds. The Kier molecular flexibility index (Phi) is 11.6. The zero-order valence-corrected chi connectivity index (χ0v) is 22.7. The van der Waals surface area contributed by atoms with Crippen molar-refractivity contribution in [2.45, 2.75) is 38.4 Å². The Bertz CT molecular complexity index is 1460. The number of hydrogen-bond acceptors (Lipinski definition) is 4. The molecule has 0 aliphatic rings. The number of aliphatic carboxylic acids is 1. The van der Waals surface area contributed by atoms with Crippen LogP contribution in [0.5, 0.6) is 11.5 Å². The highest BCUT2D eigenvalue weighted by Crippen LogP contribution is 2.34. The topological polar surface area (TPSA) is 76.0 Å². The van der Waals surface area contributed by atoms with Crippen LogP contribution in [0.2, 0.25) is 0 Å². The second-order valence-electron chi connectivity index (χ2n) is 9.23. The lowest BCUT2D eigenvalue weighted by Crippen LogP contribution is -2.09. The van der Waals surface area contributed by atoms with Crippen molar-refractivity contribution in [2.24, 2.45) is 0 Å². The number of benzene rings is 4. The Morgan fingerprint density at radius 2 is 1.05 bits per heavy atom. The fourth-order valence-corrected chi connectivity index (χ4v) is 3.88. The second-order valence-corrected chi connectivity index (χ2v) is 9.23. The van der Waals surface area contributed by atoms with Gasteiger partial charge < -0.3 is 19.7 Å². The number of carboxylic acid groups (broad SMARTS) is 1. The molecule has 11 heteroatoms. The van der Waals surface area contributed by atoms with Crippen LogP contribution in [0.3, 0.4) is 0 Å². The van der Waals surface area contributed by atoms with Gasteiger partial charge in [-0.1, -0.05) is 60.7 Å². The quantitative estimate of drug-likeness (QED) is 0.181. The van der Waals surface area contributed by atoms with E-state index in [9.17, 15) is 31.1 Å². The Morgan fingerprint density at radius 3 is 1.44 bits per heavy atom. The smallest absolute Gasteiger partial charge is 0.416 e. The van der Waals surface area contributed by atoms with E-state index in [0.29, 0.717) is 11.3 Å². The lowest BCUT2D eigenvalue weighted by Gasteiger charge is -2.14. The lowest BCUT2D eigenvalue weighted by molar-refractivity contribution is -0.138. The highest BCUT2D eigenvalue weighted by atomic mass is 19.4. The number of alkyl halides is 6. The number of halogens is 6. The highest BCUT2D eigenvalue weighted by molar-refractivity contribution is 5.71. The largest absolute Gasteiger partial charge is 0.489 e. The molecular weight excluding hydrogens is 578 g/mol. The molecule has 0 aliphatic heterocycles. The van der Waals surface area contributed by atoms with Gasteiger partial charge in [0.15, 0.2) is 0 Å². The normalized spacial score (nSPS) is 11.3. The SMILES string of the molecule is O=C(O)Cc1cc(C(F)(F)F)ccc1OCc1ccccc1.OCCc1cc(C(F)(F)F)ccc1OCc1ccccc1. The van der Waals surface area contributed by atoms with Gasteiger partial charge in [-0.05, 0) is 59.5 Å². The molecule has 228 valence electrons. The summed E-state index contributed by atoms with van der Waals surface area (Å²) in [5.41, 5.74) is 0.478. The maximum atomic E-state index is 12.7. The molecule has 0 aliphatic carbocycles. The van der Waals surface area contributed by atoms with Crippen molar-refractivity contribution >= 4 is 5.97 Å². The van der Waals surface area contributed by atoms with Crippen molar-refractivity contribution in [3.8, 4) is 11.5 Å². The first-order valence-corrected chi connectivity index (χ1v) is 12.9. The summed E-state index contributed by atoms with van der Waals surface area (Å²) in [4.78, 5) is 10.8. The van der Waals surface area contributed by atoms with Crippen LogP contribution in [0, 0.1) is 0 Å². The molecule has 43 heavy (non-hydrogen) atoms. The standard InChI is InChI=1S/C16H13F3O3.C16H15F3O2/c17-16(18,19)13-6-7-14(12(8-13)9-15(20)21)22-10-11-4-2-1-3-5-11;17-16(18,19)14-6-7-15(13(10-14)8-9-20)21-11-12-4-2-1-3-5-12/h1-8H,9-10H2,(H,20,21);1-7,10,20H,8-9,11H2. The molecule has 0 spiro atoms. The molecule has 0 saturated heterocycles. The van der Waals surface area contributed by atoms with Gasteiger partial charge in [-0.25, -0.2) is 0 Å². The van der Waals surface area contributed by atoms with Crippen molar-refractivity contribution in [3.63, 3.8) is 0 Å². The van der Waals surface area contributed by atoms with Gasteiger partial charge in [-0.15, -0.1) is 0 Å². The summed E-state index contributed by atoms with van der Waals surface area (Å²) in [5, 5.41) is 17.8. The number of ether oxygens (including phenoxy) is 2. The number of carbonyl (C=O) groups is 1. The van der Waals surface area contributed by atoms with Crippen molar-refractivity contribution in [2.75, 3.05) is 6.61 Å². The second kappa shape index (κ2) is 15.1. The molecule has 0 saturated carbocycles. The summed E-state index contributed by atoms with van der Waals surface area (Å²) >= 11 is 0. The first-order valence-electron chi connectivity index (χ1n) is 12.9. The Labute approximate surface area is 243 Å². The molecule has 4 aromatic carbocycles. The minimum Gasteiger partial charge on any atom is -0.489 e. The molecular formula is C32H28F6O5. The monoisotopic (exact) mass is 606 g/mol. The van der Waals surface area contributed by atoms with E-state index in [-0.39, 0.29) is 37.6 Å². The fourth-order valence-electron chi connectivity index (χ4n) is 3.88. The van der Waals surface area contributed by atoms with E-state index in [2.05, 4.69) is 0 Å². The molecule has 0 aromatic heterocycles. The molecule has 0 unspecified atom stereocenters. The summed E-state index contributed by atoms with van der Waals surface area (Å²) in [6, 6.07) is 24.6. The zero-order valence-electron chi connectivity index (χ0n) is 22.7. The van der Waals surface area contributed by atoms with Gasteiger partial charge in [-0.2, -0.15) is 26.3 Å². The summed E-state index contributed by atoms with van der Waals surface area (Å²) in [6.45, 7) is 0.187. The average Bonchev–Trinajstić information content (AvgIpc) is 2.96. The number of hydrogen-bond donors (Lipinski definition) is 2. The van der Waals surface area contributed by atoms with Gasteiger partial charge in [0.1, 0.15) is 24.7 Å². The van der Waals surface area contributed by atoms with Crippen LogP contribution in [0.4, 0.5) is 26.3 Å². The number of aliphatic hydroxyl groups is 1. The zero-order chi connectivity index (χ0) is 31.5. The van der Waals surface area contributed by atoms with Crippen LogP contribution in [0.15, 0.2) is 97.1 Å². The summed E-state index contributed by atoms with van der Waals surface area (Å²) < 4.78 is 87.2. The average molecular weight is 607 g/mol. The number of rotatable bonds is 10. The molecule has 5 nitrogen and oxygen atoms in total. The Morgan fingerprint density at radius 1 is 0.628 bits per heavy atom. The maximum absolute atomic E-state index is 12.7. The summed E-state index contributed by atoms with van der Waals surface area (Å²) in [6.07, 6.45) is -9.34. The van der Waals surface area contributed by atoms with Crippen LogP contribution in [-0.2, 0) is 43.2 Å². The van der Waals surface area contributed by atoms with Crippen LogP contribution in [-0.4, -0.2) is 22.8 Å². The van der Waals surface area contributed by atoms with E-state index < -0.39 is 35.9 Å². The van der Waals surface area contributed by atoms with Crippen LogP contribution < -0.4 is 9.47 Å². The van der Waals surface area contributed by atoms with Gasteiger partial charge in [0.25, 0.3) is 0 Å². The number of aliphatic hydroxyl groups excluding tert-OH is 1. The third-order valence-corrected chi connectivity index (χ3v) is 5.97. The highest BCUT2D eigenvalue weighted by Gasteiger charge is 2.32. The predicted octanol–water partition coefficient (Wildman–Crippen LogP) is 7.73. The molecule has 4 rings (SSSR count). The van der Waals surface area contributed by atoms with E-state index >= 15 is 0 Å². The Balaban J connectivity index is 0.000000236. The van der Waals surface area contributed by atoms with Crippen molar-refractivity contribution < 1.29 is 50.8 Å². The first kappa shape index (κ1) is 33.0. The van der Waals surface area contributed by atoms with Crippen LogP contribution in [0.1, 0.15) is 33.4 Å². The molecule has 2 N–H and O–H groups in total. The van der Waals surface area contributed by atoms with Gasteiger partial charge in [0.2, 0.25) is 0 Å². The van der Waals surface area contributed by atoms with E-state index in [1.54, 1.807) is 12.1 Å². The molecule has 0 heterocycles. The van der Waals surface area contributed by atoms with Crippen molar-refractivity contribution in [1.82, 2.24) is 0 Å². The number of carboxylic acids is 1. The third kappa shape index (κ3) is 10.7. The van der Waals surface area contributed by atoms with Crippen LogP contribution in [0.25, 0.3) is 0 Å². The maximum Gasteiger partial charge on any atom is 0.416 e. The molecule has 0 radical (unpaired) electrons. The molecule has 0 bridgehead atoms. The first-order chi connectivity index (χ1) is 20.4. The molecule has 0 atom stereocenters. The van der Waals surface area contributed by atoms with Crippen molar-refractivity contribution in [3.05, 3.63) is 130 Å². The fraction of sp³-hybridized carbons (Fsp3) is 0.219. The molecule has 0 fully saturated rings. The van der Waals surface area contributed by atoms with Gasteiger partial charge >= 0.3 is 18.3 Å². The van der Waals surface area contributed by atoms with E-state index in [1.807, 2.05) is 48.5 Å². The van der Waals surface area contributed by atoms with Gasteiger partial charge in [0.05, 0.1) is 17.5 Å². The van der Waals surface area contributed by atoms with Gasteiger partial charge in [-0.3, -0.25) is 4.79 Å². The van der Waals surface area contributed by atoms with E-state index in [4.69, 9.17) is 19.7 Å². The van der Waals surface area contributed by atoms with Crippen LogP contribution >= 0.6 is 0 Å². The minimum absolute atomic E-state index is 0.00161.